The number of nitrogens with one attached hydrogen (secondary N) is 2. The van der Waals surface area contributed by atoms with E-state index >= 15 is 0 Å². The first-order chi connectivity index (χ1) is 14.3. The van der Waals surface area contributed by atoms with Gasteiger partial charge in [0, 0.05) is 16.3 Å². The van der Waals surface area contributed by atoms with Crippen molar-refractivity contribution < 1.29 is 4.79 Å². The Labute approximate surface area is 172 Å². The topological polar surface area (TPSA) is 84.7 Å². The monoisotopic (exact) mass is 402 g/mol. The van der Waals surface area contributed by atoms with Crippen molar-refractivity contribution in [3.63, 3.8) is 0 Å². The summed E-state index contributed by atoms with van der Waals surface area (Å²) in [6.45, 7) is 0. The number of carbonyl (C=O) groups is 1. The first-order valence-corrected chi connectivity index (χ1v) is 9.95. The van der Waals surface area contributed by atoms with Gasteiger partial charge in [-0.2, -0.15) is 4.68 Å². The molecular formula is C21H18N6OS. The van der Waals surface area contributed by atoms with Gasteiger partial charge in [-0.25, -0.2) is 4.79 Å². The van der Waals surface area contributed by atoms with Crippen molar-refractivity contribution in [2.24, 2.45) is 0 Å². The molecule has 0 spiro atoms. The van der Waals surface area contributed by atoms with Crippen LogP contribution in [-0.4, -0.2) is 26.2 Å². The number of hydrogen-bond donors (Lipinski definition) is 2. The normalized spacial score (nSPS) is 10.5. The molecule has 0 aliphatic rings. The van der Waals surface area contributed by atoms with Gasteiger partial charge in [-0.05, 0) is 59.0 Å². The average Bonchev–Trinajstić information content (AvgIpc) is 3.23. The third-order valence-corrected chi connectivity index (χ3v) is 5.05. The number of anilines is 2. The van der Waals surface area contributed by atoms with Gasteiger partial charge < -0.3 is 10.6 Å². The molecule has 4 aromatic rings. The van der Waals surface area contributed by atoms with Gasteiger partial charge in [-0.3, -0.25) is 0 Å². The highest BCUT2D eigenvalue weighted by Crippen LogP contribution is 2.24. The number of urea groups is 1. The van der Waals surface area contributed by atoms with Gasteiger partial charge in [-0.1, -0.05) is 36.4 Å². The molecule has 0 saturated carbocycles. The second-order valence-electron chi connectivity index (χ2n) is 6.10. The Hall–Kier alpha value is -3.65. The molecule has 3 aromatic carbocycles. The molecule has 2 N–H and O–H groups in total. The van der Waals surface area contributed by atoms with Crippen molar-refractivity contribution in [3.05, 3.63) is 90.8 Å². The van der Waals surface area contributed by atoms with Gasteiger partial charge in [0.05, 0.1) is 11.4 Å². The highest BCUT2D eigenvalue weighted by Gasteiger charge is 2.09. The predicted octanol–water partition coefficient (Wildman–Crippen LogP) is 4.60. The average molecular weight is 402 g/mol. The summed E-state index contributed by atoms with van der Waals surface area (Å²) < 4.78 is 1.73. The third-order valence-electron chi connectivity index (χ3n) is 4.05. The maximum Gasteiger partial charge on any atom is 0.323 e. The number of aromatic nitrogens is 4. The molecule has 0 atom stereocenters. The zero-order chi connectivity index (χ0) is 19.9. The van der Waals surface area contributed by atoms with Crippen LogP contribution in [0.1, 0.15) is 5.82 Å². The lowest BCUT2D eigenvalue weighted by molar-refractivity contribution is 0.262. The van der Waals surface area contributed by atoms with E-state index in [1.165, 1.54) is 0 Å². The van der Waals surface area contributed by atoms with Crippen molar-refractivity contribution in [3.8, 4) is 5.69 Å². The minimum absolute atomic E-state index is 0.279. The molecule has 1 heterocycles. The summed E-state index contributed by atoms with van der Waals surface area (Å²) in [6.07, 6.45) is 0. The van der Waals surface area contributed by atoms with E-state index in [0.29, 0.717) is 5.75 Å². The Kier molecular flexibility index (Phi) is 5.82. The minimum atomic E-state index is -0.279. The van der Waals surface area contributed by atoms with Gasteiger partial charge in [0.2, 0.25) is 0 Å². The van der Waals surface area contributed by atoms with E-state index in [0.717, 1.165) is 27.8 Å². The number of rotatable bonds is 6. The van der Waals surface area contributed by atoms with Crippen LogP contribution in [0.15, 0.2) is 89.8 Å². The Morgan fingerprint density at radius 3 is 2.14 bits per heavy atom. The van der Waals surface area contributed by atoms with Crippen LogP contribution in [0.25, 0.3) is 5.69 Å². The highest BCUT2D eigenvalue weighted by molar-refractivity contribution is 7.98. The number of nitrogens with zero attached hydrogens (tertiary/aromatic N) is 4. The van der Waals surface area contributed by atoms with Crippen LogP contribution in [0.2, 0.25) is 0 Å². The molecule has 29 heavy (non-hydrogen) atoms. The Morgan fingerprint density at radius 1 is 0.828 bits per heavy atom. The summed E-state index contributed by atoms with van der Waals surface area (Å²) in [6, 6.07) is 26.5. The lowest BCUT2D eigenvalue weighted by atomic mass is 10.3. The lowest BCUT2D eigenvalue weighted by Gasteiger charge is -2.08. The summed E-state index contributed by atoms with van der Waals surface area (Å²) in [5.41, 5.74) is 2.39. The van der Waals surface area contributed by atoms with Crippen molar-refractivity contribution in [1.29, 1.82) is 0 Å². The highest BCUT2D eigenvalue weighted by atomic mass is 32.2. The molecule has 0 aliphatic carbocycles. The number of benzene rings is 3. The van der Waals surface area contributed by atoms with E-state index < -0.39 is 0 Å². The lowest BCUT2D eigenvalue weighted by Crippen LogP contribution is -2.19. The van der Waals surface area contributed by atoms with Crippen molar-refractivity contribution in [2.45, 2.75) is 10.6 Å². The fraction of sp³-hybridized carbons (Fsp3) is 0.0476. The number of tetrazole rings is 1. The van der Waals surface area contributed by atoms with Crippen molar-refractivity contribution >= 4 is 29.2 Å². The number of thioether (sulfide) groups is 1. The van der Waals surface area contributed by atoms with E-state index in [2.05, 4.69) is 26.2 Å². The van der Waals surface area contributed by atoms with Gasteiger partial charge in [0.25, 0.3) is 0 Å². The first-order valence-electron chi connectivity index (χ1n) is 8.96. The van der Waals surface area contributed by atoms with Gasteiger partial charge in [0.15, 0.2) is 5.82 Å². The van der Waals surface area contributed by atoms with Crippen LogP contribution in [-0.2, 0) is 5.75 Å². The molecule has 144 valence electrons. The molecule has 0 fully saturated rings. The van der Waals surface area contributed by atoms with Crippen LogP contribution >= 0.6 is 11.8 Å². The Bertz CT molecular complexity index is 1070. The zero-order valence-corrected chi connectivity index (χ0v) is 16.2. The van der Waals surface area contributed by atoms with E-state index in [9.17, 15) is 4.79 Å². The molecule has 0 saturated heterocycles. The standard InChI is InChI=1S/C21H18N6OS/c28-21(22-16-7-3-1-4-8-16)23-17-11-13-19(14-12-17)29-15-20-24-25-26-27(20)18-9-5-2-6-10-18/h1-14H,15H2,(H2,22,23,28). The van der Waals surface area contributed by atoms with E-state index in [1.54, 1.807) is 16.4 Å². The van der Waals surface area contributed by atoms with Crippen molar-refractivity contribution in [2.75, 3.05) is 10.6 Å². The fourth-order valence-electron chi connectivity index (χ4n) is 2.66. The summed E-state index contributed by atoms with van der Waals surface area (Å²) in [4.78, 5) is 13.1. The number of amides is 2. The Balaban J connectivity index is 1.34. The third kappa shape index (κ3) is 4.99. The molecule has 0 aliphatic heterocycles. The molecule has 4 rings (SSSR count). The SMILES string of the molecule is O=C(Nc1ccccc1)Nc1ccc(SCc2nnnn2-c2ccccc2)cc1. The molecule has 2 amide bonds. The quantitative estimate of drug-likeness (QED) is 0.461. The fourth-order valence-corrected chi connectivity index (χ4v) is 3.47. The summed E-state index contributed by atoms with van der Waals surface area (Å²) in [5, 5.41) is 17.6. The maximum absolute atomic E-state index is 12.1. The molecule has 0 unspecified atom stereocenters. The zero-order valence-electron chi connectivity index (χ0n) is 15.4. The van der Waals surface area contributed by atoms with Crippen LogP contribution in [0.5, 0.6) is 0 Å². The van der Waals surface area contributed by atoms with Crippen molar-refractivity contribution in [1.82, 2.24) is 20.2 Å². The summed E-state index contributed by atoms with van der Waals surface area (Å²) in [5.74, 6) is 1.40. The number of carbonyl (C=O) groups excluding carboxylic acids is 1. The smallest absolute Gasteiger partial charge is 0.308 e. The number of hydrogen-bond acceptors (Lipinski definition) is 5. The van der Waals surface area contributed by atoms with Crippen LogP contribution in [0, 0.1) is 0 Å². The van der Waals surface area contributed by atoms with E-state index in [-0.39, 0.29) is 6.03 Å². The van der Waals surface area contributed by atoms with Crippen LogP contribution in [0.3, 0.4) is 0 Å². The molecule has 0 bridgehead atoms. The predicted molar refractivity (Wildman–Crippen MR) is 114 cm³/mol. The maximum atomic E-state index is 12.1. The Morgan fingerprint density at radius 2 is 1.45 bits per heavy atom. The van der Waals surface area contributed by atoms with Crippen LogP contribution < -0.4 is 10.6 Å². The van der Waals surface area contributed by atoms with E-state index in [1.807, 2.05) is 84.9 Å². The largest absolute Gasteiger partial charge is 0.323 e. The number of para-hydroxylation sites is 2. The summed E-state index contributed by atoms with van der Waals surface area (Å²) in [7, 11) is 0. The van der Waals surface area contributed by atoms with Crippen LogP contribution in [0.4, 0.5) is 16.2 Å². The molecule has 0 radical (unpaired) electrons. The molecule has 7 nitrogen and oxygen atoms in total. The van der Waals surface area contributed by atoms with Gasteiger partial charge >= 0.3 is 6.03 Å². The molecular weight excluding hydrogens is 384 g/mol. The van der Waals surface area contributed by atoms with E-state index in [4.69, 9.17) is 0 Å². The minimum Gasteiger partial charge on any atom is -0.308 e. The van der Waals surface area contributed by atoms with Gasteiger partial charge in [0.1, 0.15) is 0 Å². The summed E-state index contributed by atoms with van der Waals surface area (Å²) >= 11 is 1.63. The second-order valence-corrected chi connectivity index (χ2v) is 7.15. The second kappa shape index (κ2) is 9.03. The van der Waals surface area contributed by atoms with Gasteiger partial charge in [-0.15, -0.1) is 16.9 Å². The molecule has 1 aromatic heterocycles. The first kappa shape index (κ1) is 18.7. The molecule has 8 heteroatoms.